The second kappa shape index (κ2) is 7.30. The highest BCUT2D eigenvalue weighted by atomic mass is 32.2. The molecule has 0 spiro atoms. The van der Waals surface area contributed by atoms with Crippen molar-refractivity contribution in [1.82, 2.24) is 9.71 Å². The fourth-order valence-corrected chi connectivity index (χ4v) is 3.73. The van der Waals surface area contributed by atoms with E-state index in [1.807, 2.05) is 6.92 Å². The van der Waals surface area contributed by atoms with Crippen molar-refractivity contribution >= 4 is 15.7 Å². The summed E-state index contributed by atoms with van der Waals surface area (Å²) in [5.74, 6) is -0.439. The monoisotopic (exact) mass is 335 g/mol. The fourth-order valence-electron chi connectivity index (χ4n) is 2.26. The van der Waals surface area contributed by atoms with Crippen LogP contribution < -0.4 is 4.72 Å². The SMILES string of the molecule is CC[C@H](NS(=O)(=O)Cc1ccccc1[N+](=O)[O-])c1ccncc1. The second-order valence-electron chi connectivity index (χ2n) is 5.00. The lowest BCUT2D eigenvalue weighted by Crippen LogP contribution is -2.29. The number of aromatic nitrogens is 1. The van der Waals surface area contributed by atoms with Gasteiger partial charge in [0.1, 0.15) is 0 Å². The number of sulfonamides is 1. The van der Waals surface area contributed by atoms with Gasteiger partial charge in [-0.2, -0.15) is 0 Å². The molecule has 0 aliphatic rings. The highest BCUT2D eigenvalue weighted by molar-refractivity contribution is 7.88. The topological polar surface area (TPSA) is 102 Å². The van der Waals surface area contributed by atoms with E-state index < -0.39 is 26.7 Å². The Kier molecular flexibility index (Phi) is 5.41. The van der Waals surface area contributed by atoms with E-state index in [2.05, 4.69) is 9.71 Å². The van der Waals surface area contributed by atoms with Crippen molar-refractivity contribution < 1.29 is 13.3 Å². The van der Waals surface area contributed by atoms with Crippen LogP contribution >= 0.6 is 0 Å². The van der Waals surface area contributed by atoms with Crippen molar-refractivity contribution in [2.75, 3.05) is 0 Å². The van der Waals surface area contributed by atoms with Gasteiger partial charge < -0.3 is 0 Å². The van der Waals surface area contributed by atoms with Gasteiger partial charge in [-0.05, 0) is 24.1 Å². The number of hydrogen-bond donors (Lipinski definition) is 1. The van der Waals surface area contributed by atoms with Crippen LogP contribution in [0, 0.1) is 10.1 Å². The lowest BCUT2D eigenvalue weighted by molar-refractivity contribution is -0.385. The zero-order chi connectivity index (χ0) is 16.9. The molecule has 0 saturated heterocycles. The van der Waals surface area contributed by atoms with Crippen molar-refractivity contribution in [3.05, 3.63) is 70.0 Å². The summed E-state index contributed by atoms with van der Waals surface area (Å²) in [6.07, 6.45) is 3.74. The van der Waals surface area contributed by atoms with Crippen molar-refractivity contribution in [3.8, 4) is 0 Å². The van der Waals surface area contributed by atoms with Gasteiger partial charge in [0.2, 0.25) is 10.0 Å². The van der Waals surface area contributed by atoms with Crippen molar-refractivity contribution in [2.45, 2.75) is 25.1 Å². The molecule has 8 heteroatoms. The zero-order valence-corrected chi connectivity index (χ0v) is 13.4. The van der Waals surface area contributed by atoms with Crippen molar-refractivity contribution in [3.63, 3.8) is 0 Å². The van der Waals surface area contributed by atoms with Gasteiger partial charge in [0.05, 0.1) is 10.7 Å². The summed E-state index contributed by atoms with van der Waals surface area (Å²) in [5, 5.41) is 11.0. The van der Waals surface area contributed by atoms with Crippen LogP contribution in [0.4, 0.5) is 5.69 Å². The quantitative estimate of drug-likeness (QED) is 0.619. The first-order chi connectivity index (χ1) is 10.9. The van der Waals surface area contributed by atoms with Gasteiger partial charge >= 0.3 is 0 Å². The molecular formula is C15H17N3O4S. The fraction of sp³-hybridized carbons (Fsp3) is 0.267. The largest absolute Gasteiger partial charge is 0.273 e. The van der Waals surface area contributed by atoms with Crippen LogP contribution in [0.3, 0.4) is 0 Å². The number of rotatable bonds is 7. The van der Waals surface area contributed by atoms with Crippen LogP contribution in [0.2, 0.25) is 0 Å². The normalized spacial score (nSPS) is 12.7. The summed E-state index contributed by atoms with van der Waals surface area (Å²) < 4.78 is 27.3. The molecule has 0 bridgehead atoms. The number of nitro benzene ring substituents is 1. The van der Waals surface area contributed by atoms with Gasteiger partial charge in [0.15, 0.2) is 0 Å². The zero-order valence-electron chi connectivity index (χ0n) is 12.5. The van der Waals surface area contributed by atoms with Gasteiger partial charge in [-0.1, -0.05) is 25.1 Å². The molecule has 2 aromatic rings. The Balaban J connectivity index is 2.21. The first-order valence-corrected chi connectivity index (χ1v) is 8.70. The summed E-state index contributed by atoms with van der Waals surface area (Å²) in [7, 11) is -3.72. The molecule has 1 heterocycles. The Labute approximate surface area is 134 Å². The molecule has 0 amide bonds. The van der Waals surface area contributed by atoms with E-state index in [0.717, 1.165) is 5.56 Å². The van der Waals surface area contributed by atoms with Crippen LogP contribution in [0.1, 0.15) is 30.5 Å². The van der Waals surface area contributed by atoms with E-state index in [9.17, 15) is 18.5 Å². The third kappa shape index (κ3) is 4.57. The molecule has 7 nitrogen and oxygen atoms in total. The smallest absolute Gasteiger partial charge is 0.265 e. The highest BCUT2D eigenvalue weighted by Crippen LogP contribution is 2.22. The molecule has 0 saturated carbocycles. The highest BCUT2D eigenvalue weighted by Gasteiger charge is 2.22. The summed E-state index contributed by atoms with van der Waals surface area (Å²) in [4.78, 5) is 14.3. The average molecular weight is 335 g/mol. The van der Waals surface area contributed by atoms with Gasteiger partial charge in [0.25, 0.3) is 5.69 Å². The maximum Gasteiger partial charge on any atom is 0.273 e. The minimum atomic E-state index is -3.72. The molecule has 0 unspecified atom stereocenters. The Hall–Kier alpha value is -2.32. The molecule has 2 rings (SSSR count). The summed E-state index contributed by atoms with van der Waals surface area (Å²) >= 11 is 0. The first-order valence-electron chi connectivity index (χ1n) is 7.05. The summed E-state index contributed by atoms with van der Waals surface area (Å²) in [6.45, 7) is 1.86. The first kappa shape index (κ1) is 17.0. The van der Waals surface area contributed by atoms with Gasteiger partial charge in [-0.25, -0.2) is 13.1 Å². The molecule has 23 heavy (non-hydrogen) atoms. The molecule has 122 valence electrons. The van der Waals surface area contributed by atoms with Crippen LogP contribution in [0.25, 0.3) is 0 Å². The maximum atomic E-state index is 12.4. The van der Waals surface area contributed by atoms with E-state index in [-0.39, 0.29) is 11.3 Å². The van der Waals surface area contributed by atoms with E-state index in [4.69, 9.17) is 0 Å². The number of hydrogen-bond acceptors (Lipinski definition) is 5. The lowest BCUT2D eigenvalue weighted by Gasteiger charge is -2.17. The molecule has 1 atom stereocenters. The van der Waals surface area contributed by atoms with E-state index >= 15 is 0 Å². The molecule has 0 fully saturated rings. The van der Waals surface area contributed by atoms with E-state index in [1.54, 1.807) is 30.6 Å². The molecule has 0 aliphatic carbocycles. The number of nitrogens with zero attached hydrogens (tertiary/aromatic N) is 2. The Bertz CT molecular complexity index is 778. The number of para-hydroxylation sites is 1. The Morgan fingerprint density at radius 1 is 1.22 bits per heavy atom. The Morgan fingerprint density at radius 3 is 2.48 bits per heavy atom. The van der Waals surface area contributed by atoms with Gasteiger partial charge in [-0.3, -0.25) is 15.1 Å². The molecule has 0 aliphatic heterocycles. The lowest BCUT2D eigenvalue weighted by atomic mass is 10.1. The van der Waals surface area contributed by atoms with Crippen LogP contribution in [-0.4, -0.2) is 18.3 Å². The average Bonchev–Trinajstić information content (AvgIpc) is 2.53. The molecule has 0 radical (unpaired) electrons. The van der Waals surface area contributed by atoms with Crippen LogP contribution in [0.15, 0.2) is 48.8 Å². The van der Waals surface area contributed by atoms with E-state index in [0.29, 0.717) is 6.42 Å². The number of nitro groups is 1. The number of nitrogens with one attached hydrogen (secondary N) is 1. The maximum absolute atomic E-state index is 12.4. The van der Waals surface area contributed by atoms with Crippen molar-refractivity contribution in [2.24, 2.45) is 0 Å². The van der Waals surface area contributed by atoms with Crippen LogP contribution in [-0.2, 0) is 15.8 Å². The standard InChI is InChI=1S/C15H17N3O4S/c1-2-14(12-7-9-16-10-8-12)17-23(21,22)11-13-5-3-4-6-15(13)18(19)20/h3-10,14,17H,2,11H2,1H3/t14-/m0/s1. The predicted octanol–water partition coefficient (Wildman–Crippen LogP) is 2.56. The van der Waals surface area contributed by atoms with Gasteiger partial charge in [-0.15, -0.1) is 0 Å². The molecule has 1 N–H and O–H groups in total. The van der Waals surface area contributed by atoms with Crippen LogP contribution in [0.5, 0.6) is 0 Å². The van der Waals surface area contributed by atoms with Crippen molar-refractivity contribution in [1.29, 1.82) is 0 Å². The minimum Gasteiger partial charge on any atom is -0.265 e. The minimum absolute atomic E-state index is 0.162. The summed E-state index contributed by atoms with van der Waals surface area (Å²) in [6, 6.07) is 8.91. The van der Waals surface area contributed by atoms with Gasteiger partial charge in [0, 0.05) is 30.1 Å². The number of pyridine rings is 1. The third-order valence-electron chi connectivity index (χ3n) is 3.37. The number of benzene rings is 1. The Morgan fingerprint density at radius 2 is 1.87 bits per heavy atom. The summed E-state index contributed by atoms with van der Waals surface area (Å²) in [5.41, 5.74) is 0.762. The second-order valence-corrected chi connectivity index (χ2v) is 6.76. The molecule has 1 aromatic carbocycles. The van der Waals surface area contributed by atoms with E-state index in [1.165, 1.54) is 18.2 Å². The molecular weight excluding hydrogens is 318 g/mol. The molecule has 1 aromatic heterocycles. The third-order valence-corrected chi connectivity index (χ3v) is 4.71. The predicted molar refractivity (Wildman–Crippen MR) is 86.1 cm³/mol.